The molecular formula is C21H23F3N6O3. The highest BCUT2D eigenvalue weighted by Crippen LogP contribution is 2.43. The summed E-state index contributed by atoms with van der Waals surface area (Å²) in [6.45, 7) is 0.767. The van der Waals surface area contributed by atoms with E-state index in [2.05, 4.69) is 15.3 Å². The third kappa shape index (κ3) is 3.43. The van der Waals surface area contributed by atoms with Crippen molar-refractivity contribution in [2.24, 2.45) is 0 Å². The Balaban J connectivity index is 1.53. The van der Waals surface area contributed by atoms with Gasteiger partial charge in [-0.1, -0.05) is 0 Å². The zero-order valence-corrected chi connectivity index (χ0v) is 18.1. The van der Waals surface area contributed by atoms with Crippen molar-refractivity contribution in [3.05, 3.63) is 40.3 Å². The number of morpholine rings is 1. The summed E-state index contributed by atoms with van der Waals surface area (Å²) in [7, 11) is 1.67. The highest BCUT2D eigenvalue weighted by atomic mass is 19.4. The van der Waals surface area contributed by atoms with Gasteiger partial charge in [-0.3, -0.25) is 14.2 Å². The molecule has 3 atom stereocenters. The van der Waals surface area contributed by atoms with Gasteiger partial charge < -0.3 is 19.9 Å². The second-order valence-corrected chi connectivity index (χ2v) is 8.80. The molecule has 1 N–H and O–H groups in total. The first-order chi connectivity index (χ1) is 15.6. The number of aromatic nitrogens is 3. The number of ether oxygens (including phenoxy) is 1. The number of alkyl halides is 3. The summed E-state index contributed by atoms with van der Waals surface area (Å²) in [5, 5.41) is 2.82. The van der Waals surface area contributed by atoms with Crippen molar-refractivity contribution in [2.75, 3.05) is 41.9 Å². The number of rotatable bonds is 5. The zero-order chi connectivity index (χ0) is 23.5. The summed E-state index contributed by atoms with van der Waals surface area (Å²) >= 11 is 0. The Morgan fingerprint density at radius 3 is 2.73 bits per heavy atom. The molecule has 12 heteroatoms. The molecule has 0 radical (unpaired) electrons. The topological polar surface area (TPSA) is 92.6 Å². The molecule has 33 heavy (non-hydrogen) atoms. The van der Waals surface area contributed by atoms with Gasteiger partial charge in [-0.25, -0.2) is 4.98 Å². The number of nitrogens with zero attached hydrogens (tertiary/aromatic N) is 5. The minimum atomic E-state index is -4.71. The van der Waals surface area contributed by atoms with Crippen LogP contribution in [-0.4, -0.2) is 70.9 Å². The highest BCUT2D eigenvalue weighted by Gasteiger charge is 2.60. The van der Waals surface area contributed by atoms with E-state index in [1.54, 1.807) is 13.1 Å². The molecule has 0 amide bonds. The lowest BCUT2D eigenvalue weighted by molar-refractivity contribution is -0.181. The Hall–Kier alpha value is -3.15. The van der Waals surface area contributed by atoms with E-state index in [9.17, 15) is 22.8 Å². The molecule has 5 rings (SSSR count). The molecule has 5 heterocycles. The van der Waals surface area contributed by atoms with Crippen LogP contribution in [-0.2, 0) is 11.3 Å². The van der Waals surface area contributed by atoms with Gasteiger partial charge in [0.25, 0.3) is 5.56 Å². The first-order valence-corrected chi connectivity index (χ1v) is 10.6. The number of carbonyl (C=O) groups excluding carboxylic acids is 1. The normalized spacial score (nSPS) is 26.1. The standard InChI is InChI=1S/C21H23F3N6O3/c1-20(21(22,23)24)11-29-18(32)6-17(28-8-14-5-13(28)10-33-14)27-19(29)30(20)9-15(31)12-3-4-16(25-2)26-7-12/h3-4,6-7,13-14H,5,8-11H2,1-2H3,(H,25,26). The fourth-order valence-corrected chi connectivity index (χ4v) is 4.71. The molecule has 9 nitrogen and oxygen atoms in total. The molecule has 0 saturated carbocycles. The maximum atomic E-state index is 14.2. The van der Waals surface area contributed by atoms with Crippen LogP contribution in [0, 0.1) is 0 Å². The van der Waals surface area contributed by atoms with Crippen LogP contribution in [0.4, 0.5) is 30.8 Å². The van der Waals surface area contributed by atoms with Gasteiger partial charge in [-0.15, -0.1) is 0 Å². The molecule has 3 unspecified atom stereocenters. The van der Waals surface area contributed by atoms with E-state index in [1.165, 1.54) is 18.3 Å². The first kappa shape index (κ1) is 21.7. The van der Waals surface area contributed by atoms with Crippen LogP contribution in [0.25, 0.3) is 0 Å². The van der Waals surface area contributed by atoms with Gasteiger partial charge in [0, 0.05) is 31.4 Å². The number of anilines is 3. The van der Waals surface area contributed by atoms with Crippen LogP contribution in [0.3, 0.4) is 0 Å². The molecule has 2 bridgehead atoms. The number of halogens is 3. The van der Waals surface area contributed by atoms with Gasteiger partial charge in [0.05, 0.1) is 31.8 Å². The van der Waals surface area contributed by atoms with Gasteiger partial charge in [0.2, 0.25) is 5.95 Å². The van der Waals surface area contributed by atoms with Crippen LogP contribution in [0.2, 0.25) is 0 Å². The number of fused-ring (bicyclic) bond motifs is 3. The minimum absolute atomic E-state index is 0.0269. The van der Waals surface area contributed by atoms with Gasteiger partial charge >= 0.3 is 6.18 Å². The van der Waals surface area contributed by atoms with E-state index in [4.69, 9.17) is 4.74 Å². The maximum Gasteiger partial charge on any atom is 0.413 e. The van der Waals surface area contributed by atoms with Crippen LogP contribution in [0.5, 0.6) is 0 Å². The van der Waals surface area contributed by atoms with Crippen molar-refractivity contribution in [1.29, 1.82) is 0 Å². The highest BCUT2D eigenvalue weighted by molar-refractivity contribution is 5.99. The molecule has 0 spiro atoms. The molecule has 3 aliphatic rings. The summed E-state index contributed by atoms with van der Waals surface area (Å²) in [5.74, 6) is 0.127. The SMILES string of the molecule is CNc1ccc(C(=O)CN2c3nc(N4CC5CC4CO5)cc(=O)n3CC2(C)C(F)(F)F)cn1. The van der Waals surface area contributed by atoms with E-state index in [0.29, 0.717) is 24.8 Å². The maximum absolute atomic E-state index is 14.2. The van der Waals surface area contributed by atoms with Gasteiger partial charge in [0.15, 0.2) is 11.3 Å². The monoisotopic (exact) mass is 464 g/mol. The van der Waals surface area contributed by atoms with Crippen molar-refractivity contribution in [2.45, 2.75) is 43.8 Å². The summed E-state index contributed by atoms with van der Waals surface area (Å²) in [6.07, 6.45) is -2.58. The molecular weight excluding hydrogens is 441 g/mol. The van der Waals surface area contributed by atoms with Crippen molar-refractivity contribution >= 4 is 23.4 Å². The number of pyridine rings is 1. The second-order valence-electron chi connectivity index (χ2n) is 8.80. The Morgan fingerprint density at radius 1 is 1.36 bits per heavy atom. The summed E-state index contributed by atoms with van der Waals surface area (Å²) < 4.78 is 49.2. The Bertz CT molecular complexity index is 1150. The summed E-state index contributed by atoms with van der Waals surface area (Å²) in [6, 6.07) is 4.37. The smallest absolute Gasteiger partial charge is 0.374 e. The largest absolute Gasteiger partial charge is 0.413 e. The molecule has 0 aromatic carbocycles. The summed E-state index contributed by atoms with van der Waals surface area (Å²) in [5.41, 5.74) is -2.88. The number of hydrogen-bond donors (Lipinski definition) is 1. The Kier molecular flexibility index (Phi) is 4.89. The quantitative estimate of drug-likeness (QED) is 0.669. The van der Waals surface area contributed by atoms with Gasteiger partial charge in [0.1, 0.15) is 11.6 Å². The lowest BCUT2D eigenvalue weighted by Gasteiger charge is -2.36. The number of hydrogen-bond acceptors (Lipinski definition) is 8. The molecule has 0 aliphatic carbocycles. The van der Waals surface area contributed by atoms with Crippen molar-refractivity contribution in [1.82, 2.24) is 14.5 Å². The number of Topliss-reactive ketones (excluding diaryl/α,β-unsaturated/α-hetero) is 1. The minimum Gasteiger partial charge on any atom is -0.374 e. The predicted molar refractivity (Wildman–Crippen MR) is 114 cm³/mol. The fraction of sp³-hybridized carbons (Fsp3) is 0.524. The number of nitrogens with one attached hydrogen (secondary N) is 1. The molecule has 2 aromatic heterocycles. The molecule has 2 fully saturated rings. The van der Waals surface area contributed by atoms with Crippen molar-refractivity contribution in [3.63, 3.8) is 0 Å². The molecule has 2 aromatic rings. The Labute approximate surface area is 187 Å². The third-order valence-corrected chi connectivity index (χ3v) is 6.73. The lowest BCUT2D eigenvalue weighted by atomic mass is 10.00. The zero-order valence-electron chi connectivity index (χ0n) is 18.1. The van der Waals surface area contributed by atoms with Crippen molar-refractivity contribution in [3.8, 4) is 0 Å². The third-order valence-electron chi connectivity index (χ3n) is 6.73. The summed E-state index contributed by atoms with van der Waals surface area (Å²) in [4.78, 5) is 37.1. The van der Waals surface area contributed by atoms with E-state index in [0.717, 1.165) is 22.8 Å². The first-order valence-electron chi connectivity index (χ1n) is 10.6. The van der Waals surface area contributed by atoms with Crippen LogP contribution in [0.1, 0.15) is 23.7 Å². The number of ketones is 1. The Morgan fingerprint density at radius 2 is 2.15 bits per heavy atom. The average molecular weight is 464 g/mol. The van der Waals surface area contributed by atoms with Crippen LogP contribution >= 0.6 is 0 Å². The van der Waals surface area contributed by atoms with Crippen LogP contribution in [0.15, 0.2) is 29.2 Å². The second kappa shape index (κ2) is 7.44. The van der Waals surface area contributed by atoms with Gasteiger partial charge in [-0.05, 0) is 25.5 Å². The fourth-order valence-electron chi connectivity index (χ4n) is 4.71. The average Bonchev–Trinajstić information content (AvgIpc) is 3.48. The molecule has 3 aliphatic heterocycles. The lowest BCUT2D eigenvalue weighted by Crippen LogP contribution is -2.57. The number of carbonyl (C=O) groups is 1. The van der Waals surface area contributed by atoms with Crippen LogP contribution < -0.4 is 20.7 Å². The van der Waals surface area contributed by atoms with E-state index in [1.807, 2.05) is 4.90 Å². The molecule has 2 saturated heterocycles. The molecule has 176 valence electrons. The van der Waals surface area contributed by atoms with Crippen molar-refractivity contribution < 1.29 is 22.7 Å². The van der Waals surface area contributed by atoms with E-state index in [-0.39, 0.29) is 23.7 Å². The van der Waals surface area contributed by atoms with Gasteiger partial charge in [-0.2, -0.15) is 18.2 Å². The predicted octanol–water partition coefficient (Wildman–Crippen LogP) is 1.68. The van der Waals surface area contributed by atoms with E-state index >= 15 is 0 Å². The van der Waals surface area contributed by atoms with E-state index < -0.39 is 36.1 Å².